The lowest BCUT2D eigenvalue weighted by atomic mass is 9.75. The summed E-state index contributed by atoms with van der Waals surface area (Å²) in [6, 6.07) is 0. The van der Waals surface area contributed by atoms with Gasteiger partial charge in [0, 0.05) is 0 Å². The van der Waals surface area contributed by atoms with Crippen molar-refractivity contribution >= 4 is 0 Å². The van der Waals surface area contributed by atoms with Crippen molar-refractivity contribution in [2.24, 2.45) is 23.7 Å². The maximum Gasteiger partial charge on any atom is -0.0355 e. The Hall–Kier alpha value is 0. The van der Waals surface area contributed by atoms with E-state index in [-0.39, 0.29) is 0 Å². The Bertz CT molecular complexity index is 154. The minimum Gasteiger partial charge on any atom is -0.0625 e. The van der Waals surface area contributed by atoms with Crippen LogP contribution in [0.4, 0.5) is 0 Å². The highest BCUT2D eigenvalue weighted by Gasteiger charge is 2.33. The van der Waals surface area contributed by atoms with Gasteiger partial charge >= 0.3 is 0 Å². The standard InChI is InChI=1S/C15H27/c1-12(2)11-15(13-7-3-4-8-13)14-9-5-6-10-14/h12-15H,1,3-11H2,2H3. The molecule has 1 radical (unpaired) electrons. The summed E-state index contributed by atoms with van der Waals surface area (Å²) in [5.41, 5.74) is 0. The fourth-order valence-electron chi connectivity index (χ4n) is 4.01. The third-order valence-corrected chi connectivity index (χ3v) is 4.69. The first-order valence-corrected chi connectivity index (χ1v) is 7.10. The van der Waals surface area contributed by atoms with E-state index in [1.54, 1.807) is 0 Å². The fraction of sp³-hybridized carbons (Fsp3) is 0.933. The zero-order valence-corrected chi connectivity index (χ0v) is 10.4. The number of hydrogen-bond acceptors (Lipinski definition) is 0. The second-order valence-corrected chi connectivity index (χ2v) is 6.09. The molecule has 1 atom stereocenters. The van der Waals surface area contributed by atoms with Crippen LogP contribution >= 0.6 is 0 Å². The van der Waals surface area contributed by atoms with E-state index < -0.39 is 0 Å². The number of hydrogen-bond donors (Lipinski definition) is 0. The second kappa shape index (κ2) is 5.37. The molecule has 1 unspecified atom stereocenters. The summed E-state index contributed by atoms with van der Waals surface area (Å²) in [6.07, 6.45) is 13.5. The van der Waals surface area contributed by atoms with Crippen LogP contribution < -0.4 is 0 Å². The third kappa shape index (κ3) is 2.98. The Labute approximate surface area is 95.8 Å². The van der Waals surface area contributed by atoms with Gasteiger partial charge in [0.2, 0.25) is 0 Å². The van der Waals surface area contributed by atoms with Gasteiger partial charge in [0.25, 0.3) is 0 Å². The van der Waals surface area contributed by atoms with E-state index in [1.165, 1.54) is 57.8 Å². The van der Waals surface area contributed by atoms with E-state index in [2.05, 4.69) is 13.8 Å². The summed E-state index contributed by atoms with van der Waals surface area (Å²) in [7, 11) is 0. The molecule has 15 heavy (non-hydrogen) atoms. The zero-order valence-electron chi connectivity index (χ0n) is 10.4. The smallest absolute Gasteiger partial charge is 0.0355 e. The molecule has 0 amide bonds. The van der Waals surface area contributed by atoms with E-state index in [9.17, 15) is 0 Å². The first-order chi connectivity index (χ1) is 7.27. The highest BCUT2D eigenvalue weighted by atomic mass is 14.4. The summed E-state index contributed by atoms with van der Waals surface area (Å²) in [6.45, 7) is 6.52. The van der Waals surface area contributed by atoms with Crippen LogP contribution in [0.1, 0.15) is 64.7 Å². The average molecular weight is 207 g/mol. The van der Waals surface area contributed by atoms with Gasteiger partial charge in [-0.3, -0.25) is 0 Å². The summed E-state index contributed by atoms with van der Waals surface area (Å²) >= 11 is 0. The van der Waals surface area contributed by atoms with Crippen LogP contribution in [0.15, 0.2) is 0 Å². The molecule has 0 aromatic heterocycles. The summed E-state index contributed by atoms with van der Waals surface area (Å²) in [5, 5.41) is 0. The van der Waals surface area contributed by atoms with Gasteiger partial charge in [-0.25, -0.2) is 0 Å². The van der Waals surface area contributed by atoms with Crippen LogP contribution in [-0.4, -0.2) is 0 Å². The van der Waals surface area contributed by atoms with Gasteiger partial charge < -0.3 is 0 Å². The first kappa shape index (κ1) is 11.5. The van der Waals surface area contributed by atoms with Crippen LogP contribution in [0.3, 0.4) is 0 Å². The van der Waals surface area contributed by atoms with E-state index in [0.717, 1.165) is 17.8 Å². The van der Waals surface area contributed by atoms with Gasteiger partial charge in [-0.2, -0.15) is 0 Å². The van der Waals surface area contributed by atoms with Gasteiger partial charge in [0.15, 0.2) is 0 Å². The van der Waals surface area contributed by atoms with Crippen LogP contribution in [0.5, 0.6) is 0 Å². The number of rotatable bonds is 4. The normalized spacial score (nSPS) is 24.8. The Morgan fingerprint density at radius 3 is 1.67 bits per heavy atom. The van der Waals surface area contributed by atoms with Gasteiger partial charge in [-0.05, 0) is 30.1 Å². The molecule has 0 aliphatic heterocycles. The molecule has 0 aromatic carbocycles. The molecule has 2 aliphatic carbocycles. The molecule has 0 saturated heterocycles. The van der Waals surface area contributed by atoms with Crippen LogP contribution in [0, 0.1) is 30.6 Å². The highest BCUT2D eigenvalue weighted by Crippen LogP contribution is 2.44. The van der Waals surface area contributed by atoms with Crippen LogP contribution in [-0.2, 0) is 0 Å². The Morgan fingerprint density at radius 2 is 1.33 bits per heavy atom. The zero-order chi connectivity index (χ0) is 10.7. The fourth-order valence-corrected chi connectivity index (χ4v) is 4.01. The molecular weight excluding hydrogens is 180 g/mol. The van der Waals surface area contributed by atoms with Crippen molar-refractivity contribution in [3.8, 4) is 0 Å². The molecule has 2 aliphatic rings. The topological polar surface area (TPSA) is 0 Å². The van der Waals surface area contributed by atoms with Gasteiger partial charge in [-0.15, -0.1) is 0 Å². The average Bonchev–Trinajstić information content (AvgIpc) is 2.87. The maximum absolute atomic E-state index is 4.22. The molecule has 0 heteroatoms. The van der Waals surface area contributed by atoms with Crippen LogP contribution in [0.2, 0.25) is 0 Å². The predicted octanol–water partition coefficient (Wildman–Crippen LogP) is 4.84. The molecule has 2 rings (SSSR count). The van der Waals surface area contributed by atoms with Crippen molar-refractivity contribution in [1.82, 2.24) is 0 Å². The minimum absolute atomic E-state index is 0.663. The molecule has 0 spiro atoms. The maximum atomic E-state index is 4.22. The lowest BCUT2D eigenvalue weighted by Gasteiger charge is -2.30. The van der Waals surface area contributed by atoms with Crippen LogP contribution in [0.25, 0.3) is 0 Å². The molecule has 0 N–H and O–H groups in total. The molecule has 0 aromatic rings. The molecular formula is C15H27. The molecule has 2 saturated carbocycles. The Kier molecular flexibility index (Phi) is 4.11. The largest absolute Gasteiger partial charge is 0.0625 e. The molecule has 2 fully saturated rings. The SMILES string of the molecule is [CH2]C(C)CC(C1CCCC1)C1CCCC1. The molecule has 0 heterocycles. The Morgan fingerprint density at radius 1 is 0.933 bits per heavy atom. The summed E-state index contributed by atoms with van der Waals surface area (Å²) in [4.78, 5) is 0. The molecule has 87 valence electrons. The van der Waals surface area contributed by atoms with Gasteiger partial charge in [0.1, 0.15) is 0 Å². The lowest BCUT2D eigenvalue weighted by molar-refractivity contribution is 0.200. The molecule has 0 bridgehead atoms. The van der Waals surface area contributed by atoms with E-state index >= 15 is 0 Å². The quantitative estimate of drug-likeness (QED) is 0.618. The van der Waals surface area contributed by atoms with Crippen molar-refractivity contribution in [1.29, 1.82) is 0 Å². The lowest BCUT2D eigenvalue weighted by Crippen LogP contribution is -2.22. The van der Waals surface area contributed by atoms with Crippen molar-refractivity contribution in [2.45, 2.75) is 64.7 Å². The van der Waals surface area contributed by atoms with Crippen molar-refractivity contribution in [3.63, 3.8) is 0 Å². The summed E-state index contributed by atoms with van der Waals surface area (Å²) < 4.78 is 0. The van der Waals surface area contributed by atoms with Crippen molar-refractivity contribution in [3.05, 3.63) is 6.92 Å². The second-order valence-electron chi connectivity index (χ2n) is 6.09. The van der Waals surface area contributed by atoms with E-state index in [4.69, 9.17) is 0 Å². The van der Waals surface area contributed by atoms with Crippen molar-refractivity contribution in [2.75, 3.05) is 0 Å². The van der Waals surface area contributed by atoms with E-state index in [0.29, 0.717) is 5.92 Å². The monoisotopic (exact) mass is 207 g/mol. The molecule has 0 nitrogen and oxygen atoms in total. The van der Waals surface area contributed by atoms with Gasteiger partial charge in [0.05, 0.1) is 0 Å². The summed E-state index contributed by atoms with van der Waals surface area (Å²) in [5.74, 6) is 3.83. The minimum atomic E-state index is 0.663. The first-order valence-electron chi connectivity index (χ1n) is 7.10. The Balaban J connectivity index is 1.94. The van der Waals surface area contributed by atoms with Crippen molar-refractivity contribution < 1.29 is 0 Å². The van der Waals surface area contributed by atoms with E-state index in [1.807, 2.05) is 0 Å². The van der Waals surface area contributed by atoms with Gasteiger partial charge in [-0.1, -0.05) is 65.2 Å². The predicted molar refractivity (Wildman–Crippen MR) is 66.5 cm³/mol. The highest BCUT2D eigenvalue weighted by molar-refractivity contribution is 4.84. The third-order valence-electron chi connectivity index (χ3n) is 4.69.